The van der Waals surface area contributed by atoms with Crippen LogP contribution in [0.2, 0.25) is 4.43 Å². The molecule has 0 atom stereocenters. The van der Waals surface area contributed by atoms with E-state index in [0.717, 1.165) is 0 Å². The molecule has 3 heteroatoms. The first-order valence-electron chi connectivity index (χ1n) is 1.55. The second-order valence-corrected chi connectivity index (χ2v) is 12.4. The Morgan fingerprint density at radius 1 is 1.60 bits per heavy atom. The van der Waals surface area contributed by atoms with Gasteiger partial charge in [0.2, 0.25) is 0 Å². The van der Waals surface area contributed by atoms with Crippen molar-refractivity contribution in [3.8, 4) is 0 Å². The zero-order valence-electron chi connectivity index (χ0n) is 3.04. The van der Waals surface area contributed by atoms with Crippen LogP contribution in [0.25, 0.3) is 0 Å². The summed E-state index contributed by atoms with van der Waals surface area (Å²) >= 11 is 9.96. The summed E-state index contributed by atoms with van der Waals surface area (Å²) in [5.74, 6) is 0. The maximum atomic E-state index is 5.33. The molecule has 0 aliphatic heterocycles. The number of hydrogen-bond donors (Lipinski definition) is 0. The van der Waals surface area contributed by atoms with E-state index in [-0.39, 0.29) is 2.35 Å². The Morgan fingerprint density at radius 3 is 1.80 bits per heavy atom. The zero-order chi connectivity index (χ0) is 4.28. The molecule has 0 unspecified atom stereocenters. The average Bonchev–Trinajstić information content (AvgIpc) is 1.38. The zero-order valence-corrected chi connectivity index (χ0v) is 10.0. The molecule has 0 aromatic carbocycles. The third kappa shape index (κ3) is 5.52. The number of halogens is 2. The molecule has 0 N–H and O–H groups in total. The fourth-order valence-electron chi connectivity index (χ4n) is 0. The van der Waals surface area contributed by atoms with Gasteiger partial charge in [0.25, 0.3) is 0 Å². The van der Waals surface area contributed by atoms with Gasteiger partial charge in [-0.05, 0) is 0 Å². The van der Waals surface area contributed by atoms with Crippen LogP contribution < -0.4 is 0 Å². The van der Waals surface area contributed by atoms with Gasteiger partial charge in [-0.25, -0.2) is 0 Å². The van der Waals surface area contributed by atoms with Gasteiger partial charge < -0.3 is 0 Å². The van der Waals surface area contributed by atoms with E-state index in [1.54, 1.807) is 0 Å². The summed E-state index contributed by atoms with van der Waals surface area (Å²) in [6.45, 7) is 0. The number of alkyl halides is 2. The van der Waals surface area contributed by atoms with Crippen LogP contribution in [0.15, 0.2) is 0 Å². The molecule has 0 aromatic heterocycles. The summed E-state index contributed by atoms with van der Waals surface area (Å²) < 4.78 is 2.21. The molecule has 0 aliphatic rings. The van der Waals surface area contributed by atoms with Crippen LogP contribution in [0.1, 0.15) is 0 Å². The van der Waals surface area contributed by atoms with Crippen molar-refractivity contribution in [2.45, 2.75) is 6.78 Å². The van der Waals surface area contributed by atoms with Gasteiger partial charge in [0.05, 0.1) is 0 Å². The van der Waals surface area contributed by atoms with Crippen molar-refractivity contribution in [2.24, 2.45) is 0 Å². The summed E-state index contributed by atoms with van der Waals surface area (Å²) in [7, 11) is 0. The molecule has 0 saturated heterocycles. The molecule has 0 rings (SSSR count). The van der Waals surface area contributed by atoms with E-state index in [9.17, 15) is 0 Å². The molecule has 0 fully saturated rings. The molecule has 0 amide bonds. The Labute approximate surface area is 54.3 Å². The standard InChI is InChI=1S/CHCl2.CH3.Hg/c2-1-3;;/h1H;1H3;. The van der Waals surface area contributed by atoms with Gasteiger partial charge in [-0.2, -0.15) is 0 Å². The van der Waals surface area contributed by atoms with Crippen molar-refractivity contribution in [1.29, 1.82) is 0 Å². The fraction of sp³-hybridized carbons (Fsp3) is 1.00. The molecule has 0 spiro atoms. The van der Waals surface area contributed by atoms with Crippen LogP contribution in [0, 0.1) is 0 Å². The van der Waals surface area contributed by atoms with Crippen molar-refractivity contribution in [3.63, 3.8) is 0 Å². The summed E-state index contributed by atoms with van der Waals surface area (Å²) in [6, 6.07) is 0. The minimum absolute atomic E-state index is 0.0509. The number of rotatable bonds is 1. The van der Waals surface area contributed by atoms with Crippen LogP contribution in [0.4, 0.5) is 0 Å². The van der Waals surface area contributed by atoms with Gasteiger partial charge in [-0.3, -0.25) is 0 Å². The molecule has 5 heavy (non-hydrogen) atoms. The van der Waals surface area contributed by atoms with Crippen LogP contribution in [0.5, 0.6) is 0 Å². The summed E-state index contributed by atoms with van der Waals surface area (Å²) in [5, 5.41) is 0. The van der Waals surface area contributed by atoms with E-state index in [0.29, 0.717) is 0 Å². The van der Waals surface area contributed by atoms with Crippen molar-refractivity contribution in [2.75, 3.05) is 0 Å². The van der Waals surface area contributed by atoms with Crippen LogP contribution in [-0.2, 0) is 24.6 Å². The molecule has 0 aromatic rings. The first-order chi connectivity index (χ1) is 2.27. The quantitative estimate of drug-likeness (QED) is 0.512. The average molecular weight is 300 g/mol. The topological polar surface area (TPSA) is 0 Å². The molecule has 0 saturated carbocycles. The predicted molar refractivity (Wildman–Crippen MR) is 21.4 cm³/mol. The maximum absolute atomic E-state index is 5.33. The Hall–Kier alpha value is 1.52. The van der Waals surface area contributed by atoms with Crippen LogP contribution in [0.3, 0.4) is 0 Å². The Kier molecular flexibility index (Phi) is 4.82. The second kappa shape index (κ2) is 3.70. The van der Waals surface area contributed by atoms with Gasteiger partial charge in [0.15, 0.2) is 0 Å². The van der Waals surface area contributed by atoms with E-state index < -0.39 is 24.6 Å². The summed E-state index contributed by atoms with van der Waals surface area (Å²) in [6.07, 6.45) is 0. The molecule has 0 aliphatic carbocycles. The predicted octanol–water partition coefficient (Wildman–Crippen LogP) is 1.88. The third-order valence-electron chi connectivity index (χ3n) is 0.309. The van der Waals surface area contributed by atoms with Gasteiger partial charge in [-0.1, -0.05) is 0 Å². The first kappa shape index (κ1) is 6.52. The van der Waals surface area contributed by atoms with Gasteiger partial charge in [-0.15, -0.1) is 0 Å². The second-order valence-electron chi connectivity index (χ2n) is 0.799. The van der Waals surface area contributed by atoms with E-state index in [2.05, 4.69) is 4.43 Å². The van der Waals surface area contributed by atoms with Crippen molar-refractivity contribution in [3.05, 3.63) is 0 Å². The molecule has 0 bridgehead atoms. The van der Waals surface area contributed by atoms with E-state index >= 15 is 0 Å². The van der Waals surface area contributed by atoms with E-state index in [1.165, 1.54) is 0 Å². The molecule has 28 valence electrons. The van der Waals surface area contributed by atoms with Crippen LogP contribution in [-0.4, -0.2) is 2.35 Å². The Balaban J connectivity index is 2.54. The van der Waals surface area contributed by atoms with Gasteiger partial charge >= 0.3 is 54.6 Å². The Morgan fingerprint density at radius 2 is 1.80 bits per heavy atom. The SMILES string of the molecule is [CH3][Hg][CH](Cl)Cl. The first-order valence-corrected chi connectivity index (χ1v) is 11.1. The van der Waals surface area contributed by atoms with E-state index in [4.69, 9.17) is 23.2 Å². The minimum atomic E-state index is -0.694. The molecular weight excluding hydrogens is 296 g/mol. The molecule has 0 heterocycles. The van der Waals surface area contributed by atoms with Crippen molar-refractivity contribution in [1.82, 2.24) is 0 Å². The molecular formula is C2H4Cl2Hg. The monoisotopic (exact) mass is 300 g/mol. The van der Waals surface area contributed by atoms with Gasteiger partial charge in [0.1, 0.15) is 0 Å². The normalized spacial score (nSPS) is 8.00. The molecule has 0 nitrogen and oxygen atoms in total. The van der Waals surface area contributed by atoms with Gasteiger partial charge in [0, 0.05) is 0 Å². The fourth-order valence-corrected chi connectivity index (χ4v) is 0. The van der Waals surface area contributed by atoms with Crippen LogP contribution >= 0.6 is 23.2 Å². The molecule has 0 radical (unpaired) electrons. The van der Waals surface area contributed by atoms with Crippen molar-refractivity contribution >= 4 is 23.2 Å². The summed E-state index contributed by atoms with van der Waals surface area (Å²) in [5.41, 5.74) is 0. The van der Waals surface area contributed by atoms with E-state index in [1.807, 2.05) is 0 Å². The number of hydrogen-bond acceptors (Lipinski definition) is 0. The third-order valence-corrected chi connectivity index (χ3v) is 8.12. The van der Waals surface area contributed by atoms with Crippen molar-refractivity contribution < 1.29 is 24.6 Å². The summed E-state index contributed by atoms with van der Waals surface area (Å²) in [4.78, 5) is 0. The Bertz CT molecular complexity index is 21.6.